The molecule has 1 heterocycles. The predicted molar refractivity (Wildman–Crippen MR) is 105 cm³/mol. The molecular weight excluding hydrogens is 340 g/mol. The van der Waals surface area contributed by atoms with Crippen LogP contribution in [0.15, 0.2) is 42.5 Å². The van der Waals surface area contributed by atoms with Crippen molar-refractivity contribution in [2.45, 2.75) is 44.7 Å². The average Bonchev–Trinajstić information content (AvgIpc) is 2.64. The molecular formula is C22H26N2O3. The molecule has 1 aliphatic carbocycles. The van der Waals surface area contributed by atoms with E-state index in [1.54, 1.807) is 6.07 Å². The summed E-state index contributed by atoms with van der Waals surface area (Å²) in [7, 11) is 0. The van der Waals surface area contributed by atoms with Crippen molar-refractivity contribution in [3.8, 4) is 0 Å². The van der Waals surface area contributed by atoms with Crippen LogP contribution in [0.4, 0.5) is 4.79 Å². The first-order chi connectivity index (χ1) is 13.1. The summed E-state index contributed by atoms with van der Waals surface area (Å²) in [6.45, 7) is 0.495. The Morgan fingerprint density at radius 1 is 1.04 bits per heavy atom. The van der Waals surface area contributed by atoms with Gasteiger partial charge < -0.3 is 10.4 Å². The lowest BCUT2D eigenvalue weighted by Gasteiger charge is -2.40. The van der Waals surface area contributed by atoms with E-state index in [1.165, 1.54) is 24.2 Å². The zero-order chi connectivity index (χ0) is 18.8. The van der Waals surface area contributed by atoms with Crippen molar-refractivity contribution in [2.24, 2.45) is 11.8 Å². The van der Waals surface area contributed by atoms with Crippen LogP contribution in [0, 0.1) is 11.8 Å². The maximum absolute atomic E-state index is 12.8. The number of carboxylic acid groups (broad SMARTS) is 1. The quantitative estimate of drug-likeness (QED) is 0.838. The number of likely N-dealkylation sites (tertiary alicyclic amines) is 1. The Balaban J connectivity index is 1.47. The Morgan fingerprint density at radius 3 is 2.52 bits per heavy atom. The minimum absolute atomic E-state index is 0.207. The van der Waals surface area contributed by atoms with Gasteiger partial charge >= 0.3 is 6.09 Å². The van der Waals surface area contributed by atoms with Crippen molar-refractivity contribution in [1.82, 2.24) is 10.2 Å². The Bertz CT molecular complexity index is 846. The van der Waals surface area contributed by atoms with Crippen molar-refractivity contribution in [3.63, 3.8) is 0 Å². The molecule has 0 aromatic heterocycles. The fourth-order valence-electron chi connectivity index (χ4n) is 4.38. The van der Waals surface area contributed by atoms with Crippen molar-refractivity contribution in [2.75, 3.05) is 6.54 Å². The molecule has 142 valence electrons. The Hall–Kier alpha value is -2.56. The summed E-state index contributed by atoms with van der Waals surface area (Å²) in [6, 6.07) is 13.5. The van der Waals surface area contributed by atoms with E-state index in [9.17, 15) is 14.7 Å². The average molecular weight is 366 g/mol. The first kappa shape index (κ1) is 17.8. The van der Waals surface area contributed by atoms with Gasteiger partial charge in [-0.2, -0.15) is 0 Å². The van der Waals surface area contributed by atoms with Gasteiger partial charge in [0.05, 0.1) is 0 Å². The fourth-order valence-corrected chi connectivity index (χ4v) is 4.38. The number of rotatable bonds is 4. The molecule has 2 N–H and O–H groups in total. The monoisotopic (exact) mass is 366 g/mol. The highest BCUT2D eigenvalue weighted by molar-refractivity contribution is 5.98. The summed E-state index contributed by atoms with van der Waals surface area (Å²) in [5, 5.41) is 14.6. The molecule has 5 heteroatoms. The van der Waals surface area contributed by atoms with Crippen LogP contribution in [0.1, 0.15) is 48.9 Å². The van der Waals surface area contributed by atoms with E-state index in [-0.39, 0.29) is 5.91 Å². The number of benzene rings is 2. The number of hydrogen-bond donors (Lipinski definition) is 2. The number of nitrogens with zero attached hydrogens (tertiary/aromatic N) is 1. The number of amides is 2. The smallest absolute Gasteiger partial charge is 0.408 e. The van der Waals surface area contributed by atoms with Gasteiger partial charge in [0.1, 0.15) is 6.17 Å². The van der Waals surface area contributed by atoms with Gasteiger partial charge in [-0.25, -0.2) is 4.79 Å². The summed E-state index contributed by atoms with van der Waals surface area (Å²) in [5.41, 5.74) is 0.570. The molecule has 2 fully saturated rings. The summed E-state index contributed by atoms with van der Waals surface area (Å²) >= 11 is 0. The first-order valence-corrected chi connectivity index (χ1v) is 9.89. The van der Waals surface area contributed by atoms with Gasteiger partial charge in [-0.05, 0) is 54.0 Å². The molecule has 0 bridgehead atoms. The van der Waals surface area contributed by atoms with Crippen molar-refractivity contribution in [3.05, 3.63) is 48.0 Å². The molecule has 27 heavy (non-hydrogen) atoms. The third-order valence-corrected chi connectivity index (χ3v) is 6.16. The fraction of sp³-hybridized carbons (Fsp3) is 0.455. The Kier molecular flexibility index (Phi) is 5.01. The molecule has 1 aliphatic heterocycles. The minimum atomic E-state index is -0.957. The SMILES string of the molecule is O=C(NC1CC(CC2CCC2)CCN1C(=O)O)c1ccc2ccccc2c1. The molecule has 2 unspecified atom stereocenters. The third kappa shape index (κ3) is 3.92. The molecule has 1 saturated carbocycles. The molecule has 5 nitrogen and oxygen atoms in total. The highest BCUT2D eigenvalue weighted by atomic mass is 16.4. The van der Waals surface area contributed by atoms with Crippen LogP contribution < -0.4 is 5.32 Å². The summed E-state index contributed by atoms with van der Waals surface area (Å²) in [5.74, 6) is 1.08. The third-order valence-electron chi connectivity index (χ3n) is 6.16. The Labute approximate surface area is 159 Å². The second kappa shape index (κ2) is 7.59. The maximum Gasteiger partial charge on any atom is 0.408 e. The lowest BCUT2D eigenvalue weighted by Crippen LogP contribution is -2.54. The first-order valence-electron chi connectivity index (χ1n) is 9.89. The summed E-state index contributed by atoms with van der Waals surface area (Å²) in [4.78, 5) is 25.8. The second-order valence-corrected chi connectivity index (χ2v) is 7.95. The zero-order valence-electron chi connectivity index (χ0n) is 15.4. The Morgan fingerprint density at radius 2 is 1.81 bits per heavy atom. The molecule has 2 atom stereocenters. The van der Waals surface area contributed by atoms with E-state index >= 15 is 0 Å². The number of fused-ring (bicyclic) bond motifs is 1. The highest BCUT2D eigenvalue weighted by Crippen LogP contribution is 2.36. The molecule has 2 aromatic rings. The summed E-state index contributed by atoms with van der Waals surface area (Å²) in [6.07, 6.45) is 5.28. The van der Waals surface area contributed by atoms with E-state index in [0.717, 1.165) is 29.5 Å². The van der Waals surface area contributed by atoms with Crippen LogP contribution in [-0.4, -0.2) is 34.7 Å². The largest absolute Gasteiger partial charge is 0.465 e. The molecule has 4 rings (SSSR count). The number of piperidine rings is 1. The van der Waals surface area contributed by atoms with Crippen LogP contribution in [0.3, 0.4) is 0 Å². The number of nitrogens with one attached hydrogen (secondary N) is 1. The zero-order valence-corrected chi connectivity index (χ0v) is 15.4. The van der Waals surface area contributed by atoms with Gasteiger partial charge in [-0.15, -0.1) is 0 Å². The van der Waals surface area contributed by atoms with E-state index in [0.29, 0.717) is 24.4 Å². The van der Waals surface area contributed by atoms with E-state index < -0.39 is 12.3 Å². The van der Waals surface area contributed by atoms with Crippen molar-refractivity contribution >= 4 is 22.8 Å². The molecule has 1 saturated heterocycles. The van der Waals surface area contributed by atoms with Gasteiger partial charge in [0.15, 0.2) is 0 Å². The van der Waals surface area contributed by atoms with Crippen molar-refractivity contribution < 1.29 is 14.7 Å². The van der Waals surface area contributed by atoms with Gasteiger partial charge in [0.25, 0.3) is 5.91 Å². The van der Waals surface area contributed by atoms with E-state index in [4.69, 9.17) is 0 Å². The van der Waals surface area contributed by atoms with Crippen LogP contribution in [0.5, 0.6) is 0 Å². The number of carbonyl (C=O) groups is 2. The van der Waals surface area contributed by atoms with Gasteiger partial charge in [0.2, 0.25) is 0 Å². The molecule has 0 radical (unpaired) electrons. The molecule has 2 aliphatic rings. The highest BCUT2D eigenvalue weighted by Gasteiger charge is 2.34. The van der Waals surface area contributed by atoms with E-state index in [1.807, 2.05) is 36.4 Å². The second-order valence-electron chi connectivity index (χ2n) is 7.95. The van der Waals surface area contributed by atoms with Crippen LogP contribution >= 0.6 is 0 Å². The molecule has 2 amide bonds. The van der Waals surface area contributed by atoms with Gasteiger partial charge in [-0.1, -0.05) is 49.6 Å². The standard InChI is InChI=1S/C22H26N2O3/c25-21(19-9-8-17-6-1-2-7-18(17)14-19)23-20-13-16(12-15-4-3-5-15)10-11-24(20)22(26)27/h1-2,6-9,14-16,20H,3-5,10-13H2,(H,23,25)(H,26,27). The van der Waals surface area contributed by atoms with E-state index in [2.05, 4.69) is 5.32 Å². The predicted octanol–water partition coefficient (Wildman–Crippen LogP) is 4.48. The molecule has 2 aromatic carbocycles. The lowest BCUT2D eigenvalue weighted by molar-refractivity contribution is 0.0581. The van der Waals surface area contributed by atoms with Crippen LogP contribution in [-0.2, 0) is 0 Å². The van der Waals surface area contributed by atoms with Crippen LogP contribution in [0.2, 0.25) is 0 Å². The normalized spacial score (nSPS) is 23.0. The summed E-state index contributed by atoms with van der Waals surface area (Å²) < 4.78 is 0. The topological polar surface area (TPSA) is 69.6 Å². The van der Waals surface area contributed by atoms with Crippen LogP contribution in [0.25, 0.3) is 10.8 Å². The van der Waals surface area contributed by atoms with Gasteiger partial charge in [-0.3, -0.25) is 9.69 Å². The number of carbonyl (C=O) groups excluding carboxylic acids is 1. The lowest BCUT2D eigenvalue weighted by atomic mass is 9.76. The van der Waals surface area contributed by atoms with Crippen molar-refractivity contribution in [1.29, 1.82) is 0 Å². The number of hydrogen-bond acceptors (Lipinski definition) is 2. The minimum Gasteiger partial charge on any atom is -0.465 e. The maximum atomic E-state index is 12.8. The molecule has 0 spiro atoms. The van der Waals surface area contributed by atoms with Gasteiger partial charge in [0, 0.05) is 12.1 Å².